The maximum Gasteiger partial charge on any atom is 0.0384 e. The van der Waals surface area contributed by atoms with E-state index in [0.717, 1.165) is 22.7 Å². The van der Waals surface area contributed by atoms with Gasteiger partial charge in [0.05, 0.1) is 0 Å². The summed E-state index contributed by atoms with van der Waals surface area (Å²) in [5.41, 5.74) is 8.04. The first-order valence-electron chi connectivity index (χ1n) is 9.12. The summed E-state index contributed by atoms with van der Waals surface area (Å²) in [5.74, 6) is 0. The molecule has 0 unspecified atom stereocenters. The summed E-state index contributed by atoms with van der Waals surface area (Å²) in [6.45, 7) is 2.10. The lowest BCUT2D eigenvalue weighted by molar-refractivity contribution is 1.45. The zero-order valence-corrected chi connectivity index (χ0v) is 15.3. The fourth-order valence-corrected chi connectivity index (χ4v) is 2.98. The average molecular weight is 350 g/mol. The molecule has 4 aromatic carbocycles. The van der Waals surface area contributed by atoms with Gasteiger partial charge in [-0.1, -0.05) is 60.2 Å². The van der Waals surface area contributed by atoms with Gasteiger partial charge in [-0.3, -0.25) is 0 Å². The molecule has 2 heteroatoms. The summed E-state index contributed by atoms with van der Waals surface area (Å²) in [4.78, 5) is 0. The molecule has 0 radical (unpaired) electrons. The van der Waals surface area contributed by atoms with Gasteiger partial charge >= 0.3 is 0 Å². The molecule has 27 heavy (non-hydrogen) atoms. The van der Waals surface area contributed by atoms with E-state index in [1.807, 2.05) is 18.2 Å². The third-order valence-corrected chi connectivity index (χ3v) is 4.51. The average Bonchev–Trinajstić information content (AvgIpc) is 2.72. The molecule has 2 nitrogen and oxygen atoms in total. The van der Waals surface area contributed by atoms with Crippen molar-refractivity contribution in [3.8, 4) is 11.1 Å². The molecule has 132 valence electrons. The standard InChI is InChI=1S/C25H22N2/c1-19-7-13-23(14-8-19)27-25-17-11-21(12-18-25)20-9-15-24(16-10-20)26-22-5-3-2-4-6-22/h2-18,26-27H,1H3. The van der Waals surface area contributed by atoms with Gasteiger partial charge in [-0.25, -0.2) is 0 Å². The van der Waals surface area contributed by atoms with Gasteiger partial charge in [0, 0.05) is 22.7 Å². The van der Waals surface area contributed by atoms with Gasteiger partial charge in [0.15, 0.2) is 0 Å². The van der Waals surface area contributed by atoms with Gasteiger partial charge < -0.3 is 10.6 Å². The molecular formula is C25H22N2. The molecule has 0 aliphatic carbocycles. The normalized spacial score (nSPS) is 10.4. The predicted molar refractivity (Wildman–Crippen MR) is 116 cm³/mol. The molecule has 0 spiro atoms. The Kier molecular flexibility index (Phi) is 4.88. The molecule has 0 aliphatic heterocycles. The summed E-state index contributed by atoms with van der Waals surface area (Å²) in [6.07, 6.45) is 0. The second-order valence-corrected chi connectivity index (χ2v) is 6.64. The molecule has 0 amide bonds. The van der Waals surface area contributed by atoms with Crippen molar-refractivity contribution in [3.63, 3.8) is 0 Å². The molecular weight excluding hydrogens is 328 g/mol. The molecule has 0 bridgehead atoms. The summed E-state index contributed by atoms with van der Waals surface area (Å²) >= 11 is 0. The molecule has 0 heterocycles. The van der Waals surface area contributed by atoms with Crippen molar-refractivity contribution in [1.29, 1.82) is 0 Å². The van der Waals surface area contributed by atoms with Crippen LogP contribution < -0.4 is 10.6 Å². The number of para-hydroxylation sites is 1. The Morgan fingerprint density at radius 1 is 0.407 bits per heavy atom. The topological polar surface area (TPSA) is 24.1 Å². The van der Waals surface area contributed by atoms with Gasteiger partial charge in [0.1, 0.15) is 0 Å². The number of rotatable bonds is 5. The second-order valence-electron chi connectivity index (χ2n) is 6.64. The van der Waals surface area contributed by atoms with Crippen molar-refractivity contribution in [2.45, 2.75) is 6.92 Å². The Labute approximate surface area is 160 Å². The van der Waals surface area contributed by atoms with Crippen molar-refractivity contribution in [3.05, 3.63) is 109 Å². The molecule has 0 saturated carbocycles. The Morgan fingerprint density at radius 2 is 0.778 bits per heavy atom. The fourth-order valence-electron chi connectivity index (χ4n) is 2.98. The Bertz CT molecular complexity index is 987. The van der Waals surface area contributed by atoms with E-state index in [9.17, 15) is 0 Å². The molecule has 0 fully saturated rings. The molecule has 0 aromatic heterocycles. The number of benzene rings is 4. The van der Waals surface area contributed by atoms with E-state index >= 15 is 0 Å². The Hall–Kier alpha value is -3.52. The molecule has 2 N–H and O–H groups in total. The van der Waals surface area contributed by atoms with E-state index in [2.05, 4.69) is 102 Å². The van der Waals surface area contributed by atoms with E-state index in [4.69, 9.17) is 0 Å². The SMILES string of the molecule is Cc1ccc(Nc2ccc(-c3ccc(Nc4ccccc4)cc3)cc2)cc1. The van der Waals surface area contributed by atoms with Crippen LogP contribution in [0, 0.1) is 6.92 Å². The monoisotopic (exact) mass is 350 g/mol. The summed E-state index contributed by atoms with van der Waals surface area (Å²) in [5, 5.41) is 6.85. The summed E-state index contributed by atoms with van der Waals surface area (Å²) in [7, 11) is 0. The van der Waals surface area contributed by atoms with Crippen LogP contribution in [0.15, 0.2) is 103 Å². The van der Waals surface area contributed by atoms with Crippen molar-refractivity contribution >= 4 is 22.7 Å². The van der Waals surface area contributed by atoms with Crippen molar-refractivity contribution in [1.82, 2.24) is 0 Å². The zero-order valence-electron chi connectivity index (χ0n) is 15.3. The van der Waals surface area contributed by atoms with Crippen molar-refractivity contribution < 1.29 is 0 Å². The van der Waals surface area contributed by atoms with Crippen molar-refractivity contribution in [2.75, 3.05) is 10.6 Å². The van der Waals surface area contributed by atoms with Gasteiger partial charge in [-0.2, -0.15) is 0 Å². The first-order chi connectivity index (χ1) is 13.3. The van der Waals surface area contributed by atoms with Crippen LogP contribution in [0.2, 0.25) is 0 Å². The van der Waals surface area contributed by atoms with Crippen LogP contribution in [0.1, 0.15) is 5.56 Å². The lowest BCUT2D eigenvalue weighted by Crippen LogP contribution is -1.91. The van der Waals surface area contributed by atoms with Crippen LogP contribution in [0.4, 0.5) is 22.7 Å². The van der Waals surface area contributed by atoms with E-state index in [0.29, 0.717) is 0 Å². The first-order valence-corrected chi connectivity index (χ1v) is 9.12. The lowest BCUT2D eigenvalue weighted by Gasteiger charge is -2.10. The van der Waals surface area contributed by atoms with Crippen LogP contribution in [0.25, 0.3) is 11.1 Å². The van der Waals surface area contributed by atoms with Crippen LogP contribution in [-0.2, 0) is 0 Å². The number of hydrogen-bond donors (Lipinski definition) is 2. The molecule has 0 saturated heterocycles. The minimum Gasteiger partial charge on any atom is -0.356 e. The summed E-state index contributed by atoms with van der Waals surface area (Å²) < 4.78 is 0. The van der Waals surface area contributed by atoms with E-state index in [1.165, 1.54) is 16.7 Å². The molecule has 4 rings (SSSR count). The highest BCUT2D eigenvalue weighted by Crippen LogP contribution is 2.25. The maximum absolute atomic E-state index is 3.44. The number of hydrogen-bond acceptors (Lipinski definition) is 2. The van der Waals surface area contributed by atoms with Crippen LogP contribution in [-0.4, -0.2) is 0 Å². The van der Waals surface area contributed by atoms with E-state index in [1.54, 1.807) is 0 Å². The van der Waals surface area contributed by atoms with Gasteiger partial charge in [0.2, 0.25) is 0 Å². The third kappa shape index (κ3) is 4.36. The van der Waals surface area contributed by atoms with Gasteiger partial charge in [-0.05, 0) is 66.6 Å². The smallest absolute Gasteiger partial charge is 0.0384 e. The van der Waals surface area contributed by atoms with Crippen LogP contribution in [0.3, 0.4) is 0 Å². The highest BCUT2D eigenvalue weighted by molar-refractivity contribution is 5.71. The number of nitrogens with one attached hydrogen (secondary N) is 2. The zero-order chi connectivity index (χ0) is 18.5. The predicted octanol–water partition coefficient (Wildman–Crippen LogP) is 7.15. The highest BCUT2D eigenvalue weighted by atomic mass is 14.9. The van der Waals surface area contributed by atoms with Crippen LogP contribution in [0.5, 0.6) is 0 Å². The molecule has 0 atom stereocenters. The van der Waals surface area contributed by atoms with Crippen LogP contribution >= 0.6 is 0 Å². The maximum atomic E-state index is 3.44. The number of aryl methyl sites for hydroxylation is 1. The number of anilines is 4. The molecule has 0 aliphatic rings. The minimum absolute atomic E-state index is 1.09. The van der Waals surface area contributed by atoms with Gasteiger partial charge in [-0.15, -0.1) is 0 Å². The fraction of sp³-hybridized carbons (Fsp3) is 0.0400. The third-order valence-electron chi connectivity index (χ3n) is 4.51. The highest BCUT2D eigenvalue weighted by Gasteiger charge is 2.00. The van der Waals surface area contributed by atoms with E-state index in [-0.39, 0.29) is 0 Å². The minimum atomic E-state index is 1.09. The van der Waals surface area contributed by atoms with Gasteiger partial charge in [0.25, 0.3) is 0 Å². The van der Waals surface area contributed by atoms with Crippen molar-refractivity contribution in [2.24, 2.45) is 0 Å². The van der Waals surface area contributed by atoms with E-state index < -0.39 is 0 Å². The Morgan fingerprint density at radius 3 is 1.22 bits per heavy atom. The lowest BCUT2D eigenvalue weighted by atomic mass is 10.0. The quantitative estimate of drug-likeness (QED) is 0.399. The second kappa shape index (κ2) is 7.79. The largest absolute Gasteiger partial charge is 0.356 e. The first kappa shape index (κ1) is 16.9. The summed E-state index contributed by atoms with van der Waals surface area (Å²) in [6, 6.07) is 35.7. The molecule has 4 aromatic rings. The Balaban J connectivity index is 1.44.